The fraction of sp³-hybridized carbons (Fsp3) is 0.625. The van der Waals surface area contributed by atoms with Crippen LogP contribution in [0, 0.1) is 0 Å². The minimum atomic E-state index is -1.21. The number of amides is 2. The Kier molecular flexibility index (Phi) is 23.9. The topological polar surface area (TPSA) is 380 Å². The van der Waals surface area contributed by atoms with Crippen LogP contribution >= 0.6 is 0 Å². The Hall–Kier alpha value is -3.42. The van der Waals surface area contributed by atoms with Crippen LogP contribution in [0.3, 0.4) is 0 Å². The quantitative estimate of drug-likeness (QED) is 0.125. The zero-order chi connectivity index (χ0) is 28.2. The van der Waals surface area contributed by atoms with Gasteiger partial charge in [0.15, 0.2) is 0 Å². The minimum absolute atomic E-state index is 0.0213. The molecule has 0 radical (unpaired) electrons. The maximum atomic E-state index is 10.1. The molecule has 5 atom stereocenters. The number of aliphatic hydroxyl groups is 2. The van der Waals surface area contributed by atoms with Gasteiger partial charge in [0.1, 0.15) is 24.2 Å². The van der Waals surface area contributed by atoms with Crippen molar-refractivity contribution >= 4 is 35.7 Å². The van der Waals surface area contributed by atoms with Gasteiger partial charge < -0.3 is 65.0 Å². The van der Waals surface area contributed by atoms with Crippen LogP contribution in [0.4, 0.5) is 0 Å². The standard InChI is InChI=1S/C5H10N2O3.C4H8N2O3.C4H9NO3.C3H7NO3/c6-3(5(9)10)1-2-4(7)8;5-2(4(8)9)1-3(6)7;1-2(6)3(5)4(7)8;4-2(1-5)3(6)7/h3H,1-2,6H2,(H2,7,8)(H,9,10);2H,1,5H2,(H2,6,7)(H,8,9);2-3,6H,5H2,1H3,(H,7,8);2,5H,1,4H2,(H,6,7)/t3-;2-;2-,3+;2-/m0010/s1. The summed E-state index contributed by atoms with van der Waals surface area (Å²) in [6.07, 6.45) is -1.17. The van der Waals surface area contributed by atoms with E-state index in [0.717, 1.165) is 0 Å². The second-order valence-electron chi connectivity index (χ2n) is 6.30. The van der Waals surface area contributed by atoms with Crippen molar-refractivity contribution in [2.75, 3.05) is 6.61 Å². The summed E-state index contributed by atoms with van der Waals surface area (Å²) in [6, 6.07) is -4.43. The van der Waals surface area contributed by atoms with Crippen molar-refractivity contribution in [1.29, 1.82) is 0 Å². The van der Waals surface area contributed by atoms with E-state index in [2.05, 4.69) is 5.73 Å². The fourth-order valence-electron chi connectivity index (χ4n) is 1.01. The second kappa shape index (κ2) is 21.4. The molecule has 0 rings (SSSR count). The van der Waals surface area contributed by atoms with Crippen LogP contribution in [0.2, 0.25) is 0 Å². The smallest absolute Gasteiger partial charge is 0.323 e. The van der Waals surface area contributed by atoms with Gasteiger partial charge in [-0.2, -0.15) is 0 Å². The van der Waals surface area contributed by atoms with E-state index < -0.39 is 72.6 Å². The molecule has 2 amide bonds. The molecule has 0 aliphatic heterocycles. The third-order valence-corrected chi connectivity index (χ3v) is 3.08. The van der Waals surface area contributed by atoms with Crippen molar-refractivity contribution < 1.29 is 59.4 Å². The van der Waals surface area contributed by atoms with Crippen molar-refractivity contribution in [3.05, 3.63) is 0 Å². The molecular formula is C16H34N6O12. The molecule has 34 heavy (non-hydrogen) atoms. The monoisotopic (exact) mass is 502 g/mol. The van der Waals surface area contributed by atoms with Crippen molar-refractivity contribution in [3.63, 3.8) is 0 Å². The summed E-state index contributed by atoms with van der Waals surface area (Å²) in [5, 5.41) is 48.8. The van der Waals surface area contributed by atoms with Gasteiger partial charge in [-0.1, -0.05) is 0 Å². The average molecular weight is 502 g/mol. The summed E-state index contributed by atoms with van der Waals surface area (Å²) < 4.78 is 0. The normalized spacial score (nSPS) is 13.9. The van der Waals surface area contributed by atoms with E-state index in [1.165, 1.54) is 6.92 Å². The molecule has 0 bridgehead atoms. The minimum Gasteiger partial charge on any atom is -0.480 e. The summed E-state index contributed by atoms with van der Waals surface area (Å²) in [5.74, 6) is -5.92. The maximum absolute atomic E-state index is 10.1. The molecule has 0 unspecified atom stereocenters. The van der Waals surface area contributed by atoms with Gasteiger partial charge in [0, 0.05) is 6.42 Å². The van der Waals surface area contributed by atoms with Crippen LogP contribution in [0.1, 0.15) is 26.2 Å². The largest absolute Gasteiger partial charge is 0.480 e. The average Bonchev–Trinajstić information content (AvgIpc) is 2.71. The van der Waals surface area contributed by atoms with Gasteiger partial charge in [-0.15, -0.1) is 0 Å². The van der Waals surface area contributed by atoms with Crippen LogP contribution in [0.15, 0.2) is 0 Å². The number of carbonyl (C=O) groups is 6. The van der Waals surface area contributed by atoms with Crippen molar-refractivity contribution in [2.24, 2.45) is 34.4 Å². The number of hydrogen-bond acceptors (Lipinski definition) is 12. The first-order chi connectivity index (χ1) is 15.3. The number of rotatable bonds is 11. The highest BCUT2D eigenvalue weighted by molar-refractivity contribution is 5.83. The Bertz CT molecular complexity index is 660. The summed E-state index contributed by atoms with van der Waals surface area (Å²) in [4.78, 5) is 59.5. The Labute approximate surface area is 193 Å². The van der Waals surface area contributed by atoms with Crippen molar-refractivity contribution in [1.82, 2.24) is 0 Å². The number of primary amides is 2. The van der Waals surface area contributed by atoms with Crippen molar-refractivity contribution in [2.45, 2.75) is 56.5 Å². The molecule has 0 spiro atoms. The van der Waals surface area contributed by atoms with Gasteiger partial charge in [0.25, 0.3) is 0 Å². The highest BCUT2D eigenvalue weighted by Crippen LogP contribution is 1.92. The summed E-state index contributed by atoms with van der Waals surface area (Å²) in [7, 11) is 0. The number of aliphatic carboxylic acids is 4. The van der Waals surface area contributed by atoms with Crippen LogP contribution in [-0.2, 0) is 28.8 Å². The van der Waals surface area contributed by atoms with Crippen molar-refractivity contribution in [3.8, 4) is 0 Å². The van der Waals surface area contributed by atoms with Crippen LogP contribution in [0.5, 0.6) is 0 Å². The molecule has 0 aliphatic carbocycles. The Morgan fingerprint density at radius 2 is 1.06 bits per heavy atom. The summed E-state index contributed by atoms with van der Waals surface area (Å²) in [5.41, 5.74) is 29.1. The zero-order valence-electron chi connectivity index (χ0n) is 18.3. The number of aliphatic hydroxyl groups excluding tert-OH is 2. The summed E-state index contributed by atoms with van der Waals surface area (Å²) in [6.45, 7) is 0.827. The van der Waals surface area contributed by atoms with E-state index in [0.29, 0.717) is 0 Å². The molecule has 200 valence electrons. The summed E-state index contributed by atoms with van der Waals surface area (Å²) >= 11 is 0. The number of hydrogen-bond donors (Lipinski definition) is 12. The van der Waals surface area contributed by atoms with Crippen LogP contribution in [-0.4, -0.2) is 103 Å². The lowest BCUT2D eigenvalue weighted by Crippen LogP contribution is -2.39. The number of carboxylic acids is 4. The molecule has 0 saturated heterocycles. The molecule has 0 aromatic heterocycles. The highest BCUT2D eigenvalue weighted by Gasteiger charge is 2.16. The number of carboxylic acid groups (broad SMARTS) is 4. The lowest BCUT2D eigenvalue weighted by atomic mass is 10.2. The molecular weight excluding hydrogens is 468 g/mol. The Balaban J connectivity index is -0.000000178. The molecule has 0 saturated carbocycles. The van der Waals surface area contributed by atoms with Crippen LogP contribution < -0.4 is 34.4 Å². The lowest BCUT2D eigenvalue weighted by molar-refractivity contribution is -0.141. The lowest BCUT2D eigenvalue weighted by Gasteiger charge is -2.06. The first-order valence-corrected chi connectivity index (χ1v) is 9.10. The number of nitrogens with two attached hydrogens (primary N) is 6. The molecule has 18 N–H and O–H groups in total. The van der Waals surface area contributed by atoms with Gasteiger partial charge in [-0.25, -0.2) is 0 Å². The molecule has 0 aromatic rings. The van der Waals surface area contributed by atoms with Gasteiger partial charge in [0.05, 0.1) is 19.1 Å². The van der Waals surface area contributed by atoms with E-state index in [4.69, 9.17) is 59.3 Å². The molecule has 0 aliphatic rings. The zero-order valence-corrected chi connectivity index (χ0v) is 18.3. The van der Waals surface area contributed by atoms with E-state index in [1.807, 2.05) is 0 Å². The van der Waals surface area contributed by atoms with Crippen LogP contribution in [0.25, 0.3) is 0 Å². The van der Waals surface area contributed by atoms with Gasteiger partial charge in [0.2, 0.25) is 11.8 Å². The van der Waals surface area contributed by atoms with E-state index in [1.54, 1.807) is 0 Å². The third-order valence-electron chi connectivity index (χ3n) is 3.08. The van der Waals surface area contributed by atoms with E-state index >= 15 is 0 Å². The molecule has 0 aromatic carbocycles. The first-order valence-electron chi connectivity index (χ1n) is 9.10. The maximum Gasteiger partial charge on any atom is 0.323 e. The fourth-order valence-corrected chi connectivity index (χ4v) is 1.01. The molecule has 18 nitrogen and oxygen atoms in total. The van der Waals surface area contributed by atoms with E-state index in [9.17, 15) is 28.8 Å². The second-order valence-corrected chi connectivity index (χ2v) is 6.30. The molecule has 18 heteroatoms. The predicted molar refractivity (Wildman–Crippen MR) is 113 cm³/mol. The highest BCUT2D eigenvalue weighted by atomic mass is 16.4. The molecule has 0 heterocycles. The van der Waals surface area contributed by atoms with E-state index in [-0.39, 0.29) is 19.3 Å². The van der Waals surface area contributed by atoms with Gasteiger partial charge >= 0.3 is 23.9 Å². The first kappa shape index (κ1) is 37.9. The SMILES string of the molecule is C[C@@H](O)[C@H](N)C(=O)O.NC(=O)CC[C@H](N)C(=O)O.NC(=O)C[C@H](N)C(=O)O.N[C@@H](CO)C(=O)O. The van der Waals surface area contributed by atoms with Gasteiger partial charge in [-0.3, -0.25) is 28.8 Å². The number of carbonyl (C=O) groups excluding carboxylic acids is 2. The predicted octanol–water partition coefficient (Wildman–Crippen LogP) is -5.89. The molecule has 0 fully saturated rings. The third kappa shape index (κ3) is 28.6. The Morgan fingerprint density at radius 3 is 1.18 bits per heavy atom. The van der Waals surface area contributed by atoms with Gasteiger partial charge in [-0.05, 0) is 13.3 Å². The Morgan fingerprint density at radius 1 is 0.676 bits per heavy atom.